The number of pyridine rings is 1. The van der Waals surface area contributed by atoms with Crippen molar-refractivity contribution >= 4 is 22.7 Å². The number of carboxylic acids is 1. The van der Waals surface area contributed by atoms with Crippen LogP contribution in [0.25, 0.3) is 10.9 Å². The summed E-state index contributed by atoms with van der Waals surface area (Å²) in [6.07, 6.45) is 5.99. The van der Waals surface area contributed by atoms with E-state index in [1.807, 2.05) is 35.9 Å². The van der Waals surface area contributed by atoms with Crippen LogP contribution in [0.2, 0.25) is 0 Å². The molecule has 3 aromatic rings. The first-order chi connectivity index (χ1) is 15.9. The summed E-state index contributed by atoms with van der Waals surface area (Å²) in [5, 5.41) is 18.8. The summed E-state index contributed by atoms with van der Waals surface area (Å²) < 4.78 is 7.81. The molecule has 0 spiro atoms. The van der Waals surface area contributed by atoms with Gasteiger partial charge in [-0.3, -0.25) is 14.6 Å². The molecule has 172 valence electrons. The van der Waals surface area contributed by atoms with Gasteiger partial charge in [0.05, 0.1) is 23.8 Å². The topological polar surface area (TPSA) is 105 Å². The number of ketones is 1. The van der Waals surface area contributed by atoms with E-state index < -0.39 is 5.97 Å². The number of carboxylic acid groups (broad SMARTS) is 1. The number of rotatable bonds is 12. The zero-order valence-corrected chi connectivity index (χ0v) is 19.1. The third kappa shape index (κ3) is 6.27. The van der Waals surface area contributed by atoms with E-state index in [1.165, 1.54) is 0 Å². The molecule has 2 heterocycles. The predicted octanol–water partition coefficient (Wildman–Crippen LogP) is 4.67. The fourth-order valence-corrected chi connectivity index (χ4v) is 4.15. The Bertz CT molecular complexity index is 1180. The van der Waals surface area contributed by atoms with E-state index in [0.717, 1.165) is 35.0 Å². The van der Waals surface area contributed by atoms with Gasteiger partial charge in [-0.25, -0.2) is 0 Å². The van der Waals surface area contributed by atoms with Crippen molar-refractivity contribution in [2.45, 2.75) is 45.6 Å². The zero-order chi connectivity index (χ0) is 23.8. The minimum absolute atomic E-state index is 0.0291. The monoisotopic (exact) mass is 447 g/mol. The van der Waals surface area contributed by atoms with E-state index in [4.69, 9.17) is 15.1 Å². The Kier molecular flexibility index (Phi) is 8.34. The second kappa shape index (κ2) is 11.4. The summed E-state index contributed by atoms with van der Waals surface area (Å²) in [7, 11) is 1.95. The lowest BCUT2D eigenvalue weighted by Gasteiger charge is -2.11. The largest absolute Gasteiger partial charge is 0.481 e. The maximum Gasteiger partial charge on any atom is 0.303 e. The van der Waals surface area contributed by atoms with E-state index >= 15 is 0 Å². The van der Waals surface area contributed by atoms with E-state index in [1.54, 1.807) is 25.4 Å². The number of hydrogen-bond donors (Lipinski definition) is 1. The lowest BCUT2D eigenvalue weighted by atomic mass is 9.95. The van der Waals surface area contributed by atoms with Crippen LogP contribution in [0.5, 0.6) is 0 Å². The third-order valence-electron chi connectivity index (χ3n) is 5.74. The molecular weight excluding hydrogens is 418 g/mol. The molecule has 0 aliphatic rings. The second-order valence-corrected chi connectivity index (χ2v) is 8.43. The van der Waals surface area contributed by atoms with Crippen LogP contribution in [-0.4, -0.2) is 33.0 Å². The molecule has 1 N–H and O–H groups in total. The molecule has 33 heavy (non-hydrogen) atoms. The molecule has 1 atom stereocenters. The number of hydrogen-bond acceptors (Lipinski definition) is 5. The van der Waals surface area contributed by atoms with Crippen molar-refractivity contribution in [3.05, 3.63) is 65.1 Å². The van der Waals surface area contributed by atoms with E-state index in [0.29, 0.717) is 30.8 Å². The number of aromatic nitrogens is 2. The summed E-state index contributed by atoms with van der Waals surface area (Å²) in [4.78, 5) is 28.4. The van der Waals surface area contributed by atoms with Gasteiger partial charge in [0, 0.05) is 55.5 Å². The van der Waals surface area contributed by atoms with E-state index in [2.05, 4.69) is 11.1 Å². The second-order valence-electron chi connectivity index (χ2n) is 8.43. The molecule has 0 aliphatic carbocycles. The highest BCUT2D eigenvalue weighted by Gasteiger charge is 2.23. The van der Waals surface area contributed by atoms with Crippen LogP contribution in [0.4, 0.5) is 0 Å². The molecule has 0 saturated heterocycles. The third-order valence-corrected chi connectivity index (χ3v) is 5.74. The number of aryl methyl sites for hydroxylation is 1. The molecule has 0 unspecified atom stereocenters. The molecule has 7 nitrogen and oxygen atoms in total. The summed E-state index contributed by atoms with van der Waals surface area (Å²) >= 11 is 0. The minimum Gasteiger partial charge on any atom is -0.481 e. The van der Waals surface area contributed by atoms with Crippen LogP contribution >= 0.6 is 0 Å². The maximum atomic E-state index is 13.1. The molecule has 0 saturated carbocycles. The number of unbranched alkanes of at least 4 members (excludes halogenated alkanes) is 1. The van der Waals surface area contributed by atoms with Crippen molar-refractivity contribution in [3.63, 3.8) is 0 Å². The average molecular weight is 448 g/mol. The fourth-order valence-electron chi connectivity index (χ4n) is 4.15. The highest BCUT2D eigenvalue weighted by Crippen LogP contribution is 2.28. The number of benzene rings is 1. The van der Waals surface area contributed by atoms with Crippen molar-refractivity contribution in [2.75, 3.05) is 6.61 Å². The SMILES string of the molecule is C[C@@H](CC(=O)O)CC(=O)c1c(CCCCOCc2cccc(C#N)c2)n(C)c2ccncc12. The van der Waals surface area contributed by atoms with Crippen molar-refractivity contribution in [1.29, 1.82) is 5.26 Å². The van der Waals surface area contributed by atoms with Crippen molar-refractivity contribution in [3.8, 4) is 6.07 Å². The molecule has 0 bridgehead atoms. The number of fused-ring (bicyclic) bond motifs is 1. The molecule has 3 rings (SSSR count). The quantitative estimate of drug-likeness (QED) is 0.320. The van der Waals surface area contributed by atoms with Crippen LogP contribution < -0.4 is 0 Å². The van der Waals surface area contributed by atoms with Gasteiger partial charge in [0.1, 0.15) is 0 Å². The van der Waals surface area contributed by atoms with Gasteiger partial charge >= 0.3 is 5.97 Å². The first-order valence-corrected chi connectivity index (χ1v) is 11.1. The molecule has 0 radical (unpaired) electrons. The Balaban J connectivity index is 1.63. The normalized spacial score (nSPS) is 11.9. The lowest BCUT2D eigenvalue weighted by Crippen LogP contribution is -2.12. The van der Waals surface area contributed by atoms with Gasteiger partial charge < -0.3 is 14.4 Å². The zero-order valence-electron chi connectivity index (χ0n) is 19.1. The number of ether oxygens (including phenoxy) is 1. The lowest BCUT2D eigenvalue weighted by molar-refractivity contribution is -0.137. The predicted molar refractivity (Wildman–Crippen MR) is 125 cm³/mol. The molecular formula is C26H29N3O4. The fraction of sp³-hybridized carbons (Fsp3) is 0.385. The number of carbonyl (C=O) groups excluding carboxylic acids is 1. The minimum atomic E-state index is -0.894. The maximum absolute atomic E-state index is 13.1. The number of nitriles is 1. The standard InChI is InChI=1S/C26H29N3O4/c1-18(13-25(31)32)12-24(30)26-21-16-28-10-9-22(21)29(2)23(26)8-3-4-11-33-17-20-7-5-6-19(14-20)15-27/h5-7,9-10,14,16,18H,3-4,8,11-13,17H2,1-2H3,(H,31,32)/t18-/m1/s1. The number of aliphatic carboxylic acids is 1. The van der Waals surface area contributed by atoms with Gasteiger partial charge in [0.15, 0.2) is 5.78 Å². The average Bonchev–Trinajstić information content (AvgIpc) is 3.07. The first kappa shape index (κ1) is 24.1. The Hall–Kier alpha value is -3.50. The molecule has 0 amide bonds. The Labute approximate surface area is 193 Å². The van der Waals surface area contributed by atoms with Crippen LogP contribution in [-0.2, 0) is 29.6 Å². The van der Waals surface area contributed by atoms with Gasteiger partial charge in [0.2, 0.25) is 0 Å². The van der Waals surface area contributed by atoms with Gasteiger partial charge in [-0.2, -0.15) is 5.26 Å². The Morgan fingerprint density at radius 1 is 1.24 bits per heavy atom. The molecule has 7 heteroatoms. The number of nitrogens with zero attached hydrogens (tertiary/aromatic N) is 3. The van der Waals surface area contributed by atoms with Gasteiger partial charge in [-0.1, -0.05) is 19.1 Å². The molecule has 2 aromatic heterocycles. The van der Waals surface area contributed by atoms with Crippen LogP contribution in [0.15, 0.2) is 42.7 Å². The summed E-state index contributed by atoms with van der Waals surface area (Å²) in [6.45, 7) is 2.83. The van der Waals surface area contributed by atoms with Crippen LogP contribution in [0, 0.1) is 17.2 Å². The van der Waals surface area contributed by atoms with Crippen LogP contribution in [0.1, 0.15) is 59.8 Å². The number of carbonyl (C=O) groups is 2. The molecule has 0 aliphatic heterocycles. The van der Waals surface area contributed by atoms with Crippen molar-refractivity contribution in [1.82, 2.24) is 9.55 Å². The highest BCUT2D eigenvalue weighted by molar-refractivity contribution is 6.09. The summed E-state index contributed by atoms with van der Waals surface area (Å²) in [5.74, 6) is -1.16. The molecule has 1 aromatic carbocycles. The summed E-state index contributed by atoms with van der Waals surface area (Å²) in [6, 6.07) is 11.4. The van der Waals surface area contributed by atoms with E-state index in [9.17, 15) is 9.59 Å². The summed E-state index contributed by atoms with van der Waals surface area (Å²) in [5.41, 5.74) is 4.15. The van der Waals surface area contributed by atoms with Gasteiger partial charge in [0.25, 0.3) is 0 Å². The smallest absolute Gasteiger partial charge is 0.303 e. The molecule has 0 fully saturated rings. The number of Topliss-reactive ketones (excluding diaryl/α,β-unsaturated/α-hetero) is 1. The van der Waals surface area contributed by atoms with Gasteiger partial charge in [-0.15, -0.1) is 0 Å². The van der Waals surface area contributed by atoms with Crippen molar-refractivity contribution < 1.29 is 19.4 Å². The Morgan fingerprint density at radius 3 is 2.82 bits per heavy atom. The highest BCUT2D eigenvalue weighted by atomic mass is 16.5. The van der Waals surface area contributed by atoms with Gasteiger partial charge in [-0.05, 0) is 48.9 Å². The van der Waals surface area contributed by atoms with E-state index in [-0.39, 0.29) is 24.5 Å². The van der Waals surface area contributed by atoms with Crippen molar-refractivity contribution in [2.24, 2.45) is 13.0 Å². The Morgan fingerprint density at radius 2 is 2.06 bits per heavy atom. The van der Waals surface area contributed by atoms with Crippen LogP contribution in [0.3, 0.4) is 0 Å². The first-order valence-electron chi connectivity index (χ1n) is 11.1.